The van der Waals surface area contributed by atoms with E-state index >= 15 is 0 Å². The van der Waals surface area contributed by atoms with Gasteiger partial charge in [0.1, 0.15) is 0 Å². The molecule has 6 heteroatoms. The molecule has 1 saturated carbocycles. The molecule has 0 atom stereocenters. The van der Waals surface area contributed by atoms with Gasteiger partial charge in [0.2, 0.25) is 5.01 Å². The number of aromatic nitrogens is 1. The number of esters is 1. The number of rotatable bonds is 6. The molecule has 1 N–H and O–H groups in total. The topological polar surface area (TPSA) is 54.5 Å². The lowest BCUT2D eigenvalue weighted by Gasteiger charge is -2.34. The van der Waals surface area contributed by atoms with E-state index in [2.05, 4.69) is 22.2 Å². The largest absolute Gasteiger partial charge is 0.461 e. The molecule has 1 heterocycles. The molecule has 1 aliphatic rings. The minimum atomic E-state index is -0.314. The summed E-state index contributed by atoms with van der Waals surface area (Å²) in [5, 5.41) is 5.78. The van der Waals surface area contributed by atoms with E-state index in [0.717, 1.165) is 12.2 Å². The second-order valence-corrected chi connectivity index (χ2v) is 6.43. The zero-order chi connectivity index (χ0) is 15.2. The fourth-order valence-corrected chi connectivity index (χ4v) is 3.56. The molecule has 118 valence electrons. The van der Waals surface area contributed by atoms with Crippen LogP contribution in [0.25, 0.3) is 0 Å². The Morgan fingerprint density at radius 1 is 1.48 bits per heavy atom. The average molecular weight is 311 g/mol. The second kappa shape index (κ2) is 7.87. The summed E-state index contributed by atoms with van der Waals surface area (Å²) >= 11 is 1.37. The normalized spacial score (nSPS) is 22.5. The Bertz CT molecular complexity index is 456. The maximum absolute atomic E-state index is 11.6. The molecular formula is C15H25N3O2S. The highest BCUT2D eigenvalue weighted by Gasteiger charge is 2.23. The van der Waals surface area contributed by atoms with Gasteiger partial charge in [-0.05, 0) is 46.7 Å². The van der Waals surface area contributed by atoms with Crippen molar-refractivity contribution in [3.8, 4) is 0 Å². The Kier molecular flexibility index (Phi) is 6.14. The number of nitrogens with one attached hydrogen (secondary N) is 1. The maximum Gasteiger partial charge on any atom is 0.367 e. The SMILES string of the molecule is CCOC(=O)c1nc(CN(C)C2CCC(NC)CC2)cs1. The predicted molar refractivity (Wildman–Crippen MR) is 84.6 cm³/mol. The zero-order valence-corrected chi connectivity index (χ0v) is 13.9. The third kappa shape index (κ3) is 4.49. The first-order chi connectivity index (χ1) is 10.1. The molecule has 1 aromatic rings. The first-order valence-electron chi connectivity index (χ1n) is 7.63. The smallest absolute Gasteiger partial charge is 0.367 e. The van der Waals surface area contributed by atoms with Gasteiger partial charge in [-0.3, -0.25) is 4.90 Å². The Morgan fingerprint density at radius 3 is 2.81 bits per heavy atom. The Hall–Kier alpha value is -0.980. The summed E-state index contributed by atoms with van der Waals surface area (Å²) in [6, 6.07) is 1.28. The minimum absolute atomic E-state index is 0.314. The van der Waals surface area contributed by atoms with Gasteiger partial charge in [0.05, 0.1) is 12.3 Å². The molecule has 1 aliphatic carbocycles. The highest BCUT2D eigenvalue weighted by molar-refractivity contribution is 7.11. The van der Waals surface area contributed by atoms with Crippen molar-refractivity contribution in [2.24, 2.45) is 0 Å². The summed E-state index contributed by atoms with van der Waals surface area (Å²) < 4.78 is 4.98. The van der Waals surface area contributed by atoms with Gasteiger partial charge >= 0.3 is 5.97 Å². The van der Waals surface area contributed by atoms with Crippen LogP contribution < -0.4 is 5.32 Å². The van der Waals surface area contributed by atoms with Gasteiger partial charge in [0.25, 0.3) is 0 Å². The molecule has 0 aromatic carbocycles. The quantitative estimate of drug-likeness (QED) is 0.817. The van der Waals surface area contributed by atoms with Crippen molar-refractivity contribution in [3.63, 3.8) is 0 Å². The van der Waals surface area contributed by atoms with Gasteiger partial charge in [-0.25, -0.2) is 9.78 Å². The molecule has 2 rings (SSSR count). The standard InChI is InChI=1S/C15H25N3O2S/c1-4-20-15(19)14-17-12(10-21-14)9-18(3)13-7-5-11(16-2)6-8-13/h10-11,13,16H,4-9H2,1-3H3. The van der Waals surface area contributed by atoms with Crippen LogP contribution in [0.3, 0.4) is 0 Å². The van der Waals surface area contributed by atoms with Crippen molar-refractivity contribution in [3.05, 3.63) is 16.1 Å². The molecule has 0 radical (unpaired) electrons. The van der Waals surface area contributed by atoms with Crippen LogP contribution in [0.5, 0.6) is 0 Å². The van der Waals surface area contributed by atoms with Crippen molar-refractivity contribution < 1.29 is 9.53 Å². The van der Waals surface area contributed by atoms with Crippen LogP contribution in [0.4, 0.5) is 0 Å². The maximum atomic E-state index is 11.6. The summed E-state index contributed by atoms with van der Waals surface area (Å²) in [4.78, 5) is 18.4. The van der Waals surface area contributed by atoms with Crippen molar-refractivity contribution in [2.45, 2.75) is 51.2 Å². The highest BCUT2D eigenvalue weighted by Crippen LogP contribution is 2.23. The number of hydrogen-bond donors (Lipinski definition) is 1. The van der Waals surface area contributed by atoms with Crippen LogP contribution in [0.15, 0.2) is 5.38 Å². The van der Waals surface area contributed by atoms with Crippen molar-refractivity contribution in [1.29, 1.82) is 0 Å². The van der Waals surface area contributed by atoms with Crippen LogP contribution in [0.2, 0.25) is 0 Å². The molecule has 0 saturated heterocycles. The molecule has 5 nitrogen and oxygen atoms in total. The lowest BCUT2D eigenvalue weighted by atomic mass is 9.90. The van der Waals surface area contributed by atoms with Gasteiger partial charge in [-0.15, -0.1) is 11.3 Å². The van der Waals surface area contributed by atoms with E-state index in [9.17, 15) is 4.79 Å². The summed E-state index contributed by atoms with van der Waals surface area (Å²) in [7, 11) is 4.19. The number of thiazole rings is 1. The molecule has 0 aliphatic heterocycles. The van der Waals surface area contributed by atoms with Gasteiger partial charge in [0, 0.05) is 24.0 Å². The summed E-state index contributed by atoms with van der Waals surface area (Å²) in [6.07, 6.45) is 4.90. The van der Waals surface area contributed by atoms with E-state index in [-0.39, 0.29) is 5.97 Å². The van der Waals surface area contributed by atoms with E-state index in [0.29, 0.717) is 23.7 Å². The molecule has 0 unspecified atom stereocenters. The monoisotopic (exact) mass is 311 g/mol. The molecule has 0 bridgehead atoms. The molecule has 1 aromatic heterocycles. The Labute approximate surface area is 130 Å². The lowest BCUT2D eigenvalue weighted by molar-refractivity contribution is 0.0525. The van der Waals surface area contributed by atoms with Crippen LogP contribution in [0.1, 0.15) is 48.1 Å². The summed E-state index contributed by atoms with van der Waals surface area (Å²) in [6.45, 7) is 2.99. The number of carbonyl (C=O) groups excluding carboxylic acids is 1. The van der Waals surface area contributed by atoms with Gasteiger partial charge in [0.15, 0.2) is 0 Å². The van der Waals surface area contributed by atoms with Crippen molar-refractivity contribution >= 4 is 17.3 Å². The van der Waals surface area contributed by atoms with Crippen molar-refractivity contribution in [1.82, 2.24) is 15.2 Å². The molecule has 21 heavy (non-hydrogen) atoms. The number of ether oxygens (including phenoxy) is 1. The highest BCUT2D eigenvalue weighted by atomic mass is 32.1. The van der Waals surface area contributed by atoms with Crippen LogP contribution in [0, 0.1) is 0 Å². The Morgan fingerprint density at radius 2 is 2.19 bits per heavy atom. The average Bonchev–Trinajstić information content (AvgIpc) is 2.96. The van der Waals surface area contributed by atoms with Crippen molar-refractivity contribution in [2.75, 3.05) is 20.7 Å². The van der Waals surface area contributed by atoms with Crippen LogP contribution in [-0.4, -0.2) is 48.6 Å². The van der Waals surface area contributed by atoms with Crippen LogP contribution in [-0.2, 0) is 11.3 Å². The first-order valence-corrected chi connectivity index (χ1v) is 8.51. The minimum Gasteiger partial charge on any atom is -0.461 e. The summed E-state index contributed by atoms with van der Waals surface area (Å²) in [5.41, 5.74) is 0.960. The third-order valence-corrected chi connectivity index (χ3v) is 5.01. The molecule has 1 fully saturated rings. The number of hydrogen-bond acceptors (Lipinski definition) is 6. The molecular weight excluding hydrogens is 286 g/mol. The molecule has 0 amide bonds. The predicted octanol–water partition coefficient (Wildman–Crippen LogP) is 2.28. The van der Waals surface area contributed by atoms with Crippen LogP contribution >= 0.6 is 11.3 Å². The summed E-state index contributed by atoms with van der Waals surface area (Å²) in [5.74, 6) is -0.314. The van der Waals surface area contributed by atoms with Gasteiger partial charge in [-0.1, -0.05) is 0 Å². The van der Waals surface area contributed by atoms with Gasteiger partial charge in [-0.2, -0.15) is 0 Å². The van der Waals surface area contributed by atoms with E-state index in [1.54, 1.807) is 0 Å². The third-order valence-electron chi connectivity index (χ3n) is 4.14. The Balaban J connectivity index is 1.85. The zero-order valence-electron chi connectivity index (χ0n) is 13.1. The second-order valence-electron chi connectivity index (χ2n) is 5.57. The number of carbonyl (C=O) groups is 1. The number of nitrogens with zero attached hydrogens (tertiary/aromatic N) is 2. The fraction of sp³-hybridized carbons (Fsp3) is 0.733. The fourth-order valence-electron chi connectivity index (χ4n) is 2.86. The van der Waals surface area contributed by atoms with E-state index in [1.165, 1.54) is 37.0 Å². The van der Waals surface area contributed by atoms with E-state index in [1.807, 2.05) is 19.4 Å². The van der Waals surface area contributed by atoms with E-state index < -0.39 is 0 Å². The van der Waals surface area contributed by atoms with Gasteiger partial charge < -0.3 is 10.1 Å². The van der Waals surface area contributed by atoms with E-state index in [4.69, 9.17) is 4.74 Å². The molecule has 0 spiro atoms. The lowest BCUT2D eigenvalue weighted by Crippen LogP contribution is -2.39. The first kappa shape index (κ1) is 16.4.